The van der Waals surface area contributed by atoms with Crippen molar-refractivity contribution >= 4 is 40.5 Å². The van der Waals surface area contributed by atoms with E-state index in [1.807, 2.05) is 24.3 Å². The number of aliphatic hydroxyl groups excluding tert-OH is 1. The second kappa shape index (κ2) is 6.49. The maximum absolute atomic E-state index is 9.26. The Morgan fingerprint density at radius 1 is 0.895 bits per heavy atom. The molecule has 0 saturated heterocycles. The summed E-state index contributed by atoms with van der Waals surface area (Å²) >= 11 is 17.9. The molecular formula is C14H12Cl3NO. The van der Waals surface area contributed by atoms with Gasteiger partial charge in [-0.25, -0.2) is 0 Å². The van der Waals surface area contributed by atoms with E-state index >= 15 is 0 Å². The topological polar surface area (TPSA) is 32.3 Å². The molecule has 0 aliphatic rings. The van der Waals surface area contributed by atoms with Gasteiger partial charge in [-0.15, -0.1) is 0 Å². The molecule has 19 heavy (non-hydrogen) atoms. The van der Waals surface area contributed by atoms with Crippen molar-refractivity contribution in [2.75, 3.05) is 5.32 Å². The zero-order chi connectivity index (χ0) is 13.8. The number of hydrogen-bond acceptors (Lipinski definition) is 2. The standard InChI is InChI=1S/C14H12Cl3NO/c15-11-5-13(17)14(6-12(11)16)18-7-9-3-1-2-4-10(9)8-19/h1-6,18-19H,7-8H2. The molecule has 0 saturated carbocycles. The minimum Gasteiger partial charge on any atom is -0.392 e. The monoisotopic (exact) mass is 315 g/mol. The van der Waals surface area contributed by atoms with E-state index in [9.17, 15) is 5.11 Å². The third-order valence-corrected chi connectivity index (χ3v) is 3.80. The van der Waals surface area contributed by atoms with Gasteiger partial charge in [-0.3, -0.25) is 0 Å². The van der Waals surface area contributed by atoms with Gasteiger partial charge < -0.3 is 10.4 Å². The average Bonchev–Trinajstić information content (AvgIpc) is 2.41. The van der Waals surface area contributed by atoms with Crippen LogP contribution in [0, 0.1) is 0 Å². The van der Waals surface area contributed by atoms with E-state index in [2.05, 4.69) is 5.32 Å². The summed E-state index contributed by atoms with van der Waals surface area (Å²) in [5, 5.41) is 13.8. The van der Waals surface area contributed by atoms with Crippen LogP contribution >= 0.6 is 34.8 Å². The summed E-state index contributed by atoms with van der Waals surface area (Å²) in [4.78, 5) is 0. The molecule has 0 atom stereocenters. The van der Waals surface area contributed by atoms with E-state index in [1.165, 1.54) is 0 Å². The molecule has 0 aliphatic carbocycles. The summed E-state index contributed by atoms with van der Waals surface area (Å²) in [6.07, 6.45) is 0. The molecule has 0 radical (unpaired) electrons. The van der Waals surface area contributed by atoms with Crippen LogP contribution in [-0.2, 0) is 13.2 Å². The molecule has 0 fully saturated rings. The molecular weight excluding hydrogens is 305 g/mol. The Morgan fingerprint density at radius 3 is 2.21 bits per heavy atom. The molecule has 0 aliphatic heterocycles. The number of anilines is 1. The third-order valence-electron chi connectivity index (χ3n) is 2.77. The highest BCUT2D eigenvalue weighted by Gasteiger charge is 2.07. The Balaban J connectivity index is 2.17. The highest BCUT2D eigenvalue weighted by molar-refractivity contribution is 6.44. The fourth-order valence-corrected chi connectivity index (χ4v) is 2.35. The van der Waals surface area contributed by atoms with Crippen LogP contribution in [0.15, 0.2) is 36.4 Å². The summed E-state index contributed by atoms with van der Waals surface area (Å²) in [6, 6.07) is 10.9. The van der Waals surface area contributed by atoms with Gasteiger partial charge >= 0.3 is 0 Å². The highest BCUT2D eigenvalue weighted by atomic mass is 35.5. The number of rotatable bonds is 4. The zero-order valence-corrected chi connectivity index (χ0v) is 12.2. The minimum absolute atomic E-state index is 0.00690. The molecule has 2 N–H and O–H groups in total. The van der Waals surface area contributed by atoms with E-state index in [1.54, 1.807) is 12.1 Å². The second-order valence-corrected chi connectivity index (χ2v) is 5.25. The van der Waals surface area contributed by atoms with Crippen LogP contribution in [-0.4, -0.2) is 5.11 Å². The number of nitrogens with one attached hydrogen (secondary N) is 1. The molecule has 2 rings (SSSR count). The average molecular weight is 317 g/mol. The van der Waals surface area contributed by atoms with Gasteiger partial charge in [-0.05, 0) is 23.3 Å². The van der Waals surface area contributed by atoms with E-state index in [-0.39, 0.29) is 6.61 Å². The molecule has 0 heterocycles. The van der Waals surface area contributed by atoms with Gasteiger partial charge in [-0.2, -0.15) is 0 Å². The first kappa shape index (κ1) is 14.5. The molecule has 100 valence electrons. The van der Waals surface area contributed by atoms with Crippen LogP contribution in [0.2, 0.25) is 15.1 Å². The summed E-state index contributed by atoms with van der Waals surface area (Å²) in [7, 11) is 0. The molecule has 0 unspecified atom stereocenters. The summed E-state index contributed by atoms with van der Waals surface area (Å²) in [5.41, 5.74) is 2.60. The molecule has 0 bridgehead atoms. The molecule has 2 aromatic rings. The number of halogens is 3. The molecule has 0 spiro atoms. The van der Waals surface area contributed by atoms with E-state index < -0.39 is 0 Å². The predicted octanol–water partition coefficient (Wildman–Crippen LogP) is 4.75. The summed E-state index contributed by atoms with van der Waals surface area (Å²) in [6.45, 7) is 0.557. The summed E-state index contributed by atoms with van der Waals surface area (Å²) in [5.74, 6) is 0. The predicted molar refractivity (Wildman–Crippen MR) is 81.2 cm³/mol. The van der Waals surface area contributed by atoms with Gasteiger partial charge in [0.25, 0.3) is 0 Å². The largest absolute Gasteiger partial charge is 0.392 e. The number of aliphatic hydroxyl groups is 1. The second-order valence-electron chi connectivity index (χ2n) is 4.03. The lowest BCUT2D eigenvalue weighted by atomic mass is 10.1. The molecule has 0 amide bonds. The van der Waals surface area contributed by atoms with Crippen LogP contribution in [0.1, 0.15) is 11.1 Å². The SMILES string of the molecule is OCc1ccccc1CNc1cc(Cl)c(Cl)cc1Cl. The van der Waals surface area contributed by atoms with Gasteiger partial charge in [0.1, 0.15) is 0 Å². The fourth-order valence-electron chi connectivity index (χ4n) is 1.73. The quantitative estimate of drug-likeness (QED) is 0.798. The van der Waals surface area contributed by atoms with Gasteiger partial charge in [0.05, 0.1) is 27.4 Å². The smallest absolute Gasteiger partial charge is 0.0685 e. The minimum atomic E-state index is 0.00690. The van der Waals surface area contributed by atoms with Crippen LogP contribution in [0.25, 0.3) is 0 Å². The van der Waals surface area contributed by atoms with Crippen LogP contribution in [0.4, 0.5) is 5.69 Å². The lowest BCUT2D eigenvalue weighted by Crippen LogP contribution is -2.03. The van der Waals surface area contributed by atoms with Crippen molar-refractivity contribution in [1.82, 2.24) is 0 Å². The molecule has 2 nitrogen and oxygen atoms in total. The number of hydrogen-bond donors (Lipinski definition) is 2. The Bertz CT molecular complexity index is 587. The van der Waals surface area contributed by atoms with Crippen molar-refractivity contribution < 1.29 is 5.11 Å². The Kier molecular flexibility index (Phi) is 4.94. The maximum Gasteiger partial charge on any atom is 0.0685 e. The lowest BCUT2D eigenvalue weighted by Gasteiger charge is -2.12. The maximum atomic E-state index is 9.26. The first-order valence-corrected chi connectivity index (χ1v) is 6.81. The highest BCUT2D eigenvalue weighted by Crippen LogP contribution is 2.32. The van der Waals surface area contributed by atoms with E-state index in [4.69, 9.17) is 34.8 Å². The normalized spacial score (nSPS) is 10.5. The molecule has 0 aromatic heterocycles. The van der Waals surface area contributed by atoms with Crippen molar-refractivity contribution in [3.05, 3.63) is 62.6 Å². The Morgan fingerprint density at radius 2 is 1.53 bits per heavy atom. The van der Waals surface area contributed by atoms with Gasteiger partial charge in [-0.1, -0.05) is 59.1 Å². The first-order chi connectivity index (χ1) is 9.11. The first-order valence-electron chi connectivity index (χ1n) is 5.68. The van der Waals surface area contributed by atoms with Crippen LogP contribution in [0.5, 0.6) is 0 Å². The van der Waals surface area contributed by atoms with Crippen molar-refractivity contribution in [2.45, 2.75) is 13.2 Å². The van der Waals surface area contributed by atoms with E-state index in [0.717, 1.165) is 11.1 Å². The van der Waals surface area contributed by atoms with E-state index in [0.29, 0.717) is 27.3 Å². The van der Waals surface area contributed by atoms with Gasteiger partial charge in [0.15, 0.2) is 0 Å². The van der Waals surface area contributed by atoms with Gasteiger partial charge in [0, 0.05) is 6.54 Å². The molecule has 5 heteroatoms. The van der Waals surface area contributed by atoms with Crippen molar-refractivity contribution in [1.29, 1.82) is 0 Å². The fraction of sp³-hybridized carbons (Fsp3) is 0.143. The van der Waals surface area contributed by atoms with Crippen molar-refractivity contribution in [2.24, 2.45) is 0 Å². The van der Waals surface area contributed by atoms with Crippen molar-refractivity contribution in [3.63, 3.8) is 0 Å². The third kappa shape index (κ3) is 3.54. The zero-order valence-electron chi connectivity index (χ0n) is 9.96. The Hall–Kier alpha value is -0.930. The number of benzene rings is 2. The van der Waals surface area contributed by atoms with Gasteiger partial charge in [0.2, 0.25) is 0 Å². The van der Waals surface area contributed by atoms with Crippen LogP contribution < -0.4 is 5.32 Å². The van der Waals surface area contributed by atoms with Crippen molar-refractivity contribution in [3.8, 4) is 0 Å². The summed E-state index contributed by atoms with van der Waals surface area (Å²) < 4.78 is 0. The van der Waals surface area contributed by atoms with Crippen LogP contribution in [0.3, 0.4) is 0 Å². The Labute approximate surface area is 126 Å². The molecule has 2 aromatic carbocycles. The lowest BCUT2D eigenvalue weighted by molar-refractivity contribution is 0.280.